The molecular formula is C15H13Cl2N5. The van der Waals surface area contributed by atoms with Gasteiger partial charge in [0.25, 0.3) is 0 Å². The van der Waals surface area contributed by atoms with Crippen molar-refractivity contribution in [3.63, 3.8) is 0 Å². The minimum Gasteiger partial charge on any atom is -0.365 e. The first-order valence-electron chi connectivity index (χ1n) is 7.08. The average molecular weight is 334 g/mol. The van der Waals surface area contributed by atoms with Gasteiger partial charge in [0.2, 0.25) is 5.28 Å². The summed E-state index contributed by atoms with van der Waals surface area (Å²) >= 11 is 12.1. The van der Waals surface area contributed by atoms with Crippen molar-refractivity contribution in [1.29, 1.82) is 0 Å². The number of rotatable bonds is 4. The molecule has 0 atom stereocenters. The number of fused-ring (bicyclic) bond motifs is 1. The number of hydrogen-bond donors (Lipinski definition) is 1. The Bertz CT molecular complexity index is 841. The molecule has 4 rings (SSSR count). The lowest BCUT2D eigenvalue weighted by molar-refractivity contribution is 0.813. The first kappa shape index (κ1) is 13.8. The van der Waals surface area contributed by atoms with E-state index < -0.39 is 0 Å². The molecule has 5 nitrogen and oxygen atoms in total. The van der Waals surface area contributed by atoms with Crippen molar-refractivity contribution in [1.82, 2.24) is 19.5 Å². The van der Waals surface area contributed by atoms with E-state index in [1.54, 1.807) is 6.33 Å². The maximum atomic E-state index is 6.06. The molecule has 3 aromatic rings. The van der Waals surface area contributed by atoms with E-state index in [1.807, 2.05) is 28.8 Å². The maximum absolute atomic E-state index is 6.06. The molecule has 0 spiro atoms. The standard InChI is InChI=1S/C15H13Cl2N5/c16-10-3-1-2-9(6-10)7-22-8-18-12-13(19-11-4-5-11)20-15(17)21-14(12)22/h1-3,6,8,11H,4-5,7H2,(H,19,20,21). The molecule has 0 radical (unpaired) electrons. The highest BCUT2D eigenvalue weighted by Gasteiger charge is 2.23. The first-order valence-corrected chi connectivity index (χ1v) is 7.84. The lowest BCUT2D eigenvalue weighted by atomic mass is 10.2. The van der Waals surface area contributed by atoms with Crippen molar-refractivity contribution in [2.24, 2.45) is 0 Å². The van der Waals surface area contributed by atoms with Gasteiger partial charge in [-0.25, -0.2) is 4.98 Å². The lowest BCUT2D eigenvalue weighted by Crippen LogP contribution is -2.06. The minimum absolute atomic E-state index is 0.225. The zero-order valence-corrected chi connectivity index (χ0v) is 13.1. The second kappa shape index (κ2) is 5.41. The second-order valence-corrected chi connectivity index (χ2v) is 6.21. The molecule has 1 N–H and O–H groups in total. The number of halogens is 2. The van der Waals surface area contributed by atoms with E-state index in [4.69, 9.17) is 23.2 Å². The second-order valence-electron chi connectivity index (χ2n) is 5.43. The van der Waals surface area contributed by atoms with Crippen molar-refractivity contribution in [3.05, 3.63) is 46.5 Å². The third kappa shape index (κ3) is 2.74. The van der Waals surface area contributed by atoms with Gasteiger partial charge in [-0.3, -0.25) is 0 Å². The molecule has 1 fully saturated rings. The van der Waals surface area contributed by atoms with Crippen LogP contribution < -0.4 is 5.32 Å². The van der Waals surface area contributed by atoms with Crippen LogP contribution in [-0.2, 0) is 6.54 Å². The van der Waals surface area contributed by atoms with E-state index in [-0.39, 0.29) is 5.28 Å². The van der Waals surface area contributed by atoms with E-state index in [0.717, 1.165) is 29.6 Å². The highest BCUT2D eigenvalue weighted by atomic mass is 35.5. The van der Waals surface area contributed by atoms with Gasteiger partial charge in [0, 0.05) is 11.1 Å². The summed E-state index contributed by atoms with van der Waals surface area (Å²) < 4.78 is 1.95. The highest BCUT2D eigenvalue weighted by Crippen LogP contribution is 2.28. The predicted octanol–water partition coefficient (Wildman–Crippen LogP) is 3.76. The predicted molar refractivity (Wildman–Crippen MR) is 87.5 cm³/mol. The monoisotopic (exact) mass is 333 g/mol. The van der Waals surface area contributed by atoms with Crippen molar-refractivity contribution in [2.75, 3.05) is 5.32 Å². The maximum Gasteiger partial charge on any atom is 0.226 e. The van der Waals surface area contributed by atoms with Gasteiger partial charge in [0.05, 0.1) is 12.9 Å². The zero-order chi connectivity index (χ0) is 15.1. The molecule has 2 heterocycles. The lowest BCUT2D eigenvalue weighted by Gasteiger charge is -2.07. The Hall–Kier alpha value is -1.85. The fraction of sp³-hybridized carbons (Fsp3) is 0.267. The third-order valence-electron chi connectivity index (χ3n) is 3.60. The number of anilines is 1. The summed E-state index contributed by atoms with van der Waals surface area (Å²) in [6, 6.07) is 8.21. The summed E-state index contributed by atoms with van der Waals surface area (Å²) in [6.07, 6.45) is 4.08. The zero-order valence-electron chi connectivity index (χ0n) is 11.6. The Kier molecular flexibility index (Phi) is 3.39. The summed E-state index contributed by atoms with van der Waals surface area (Å²) in [7, 11) is 0. The largest absolute Gasteiger partial charge is 0.365 e. The Morgan fingerprint density at radius 3 is 2.86 bits per heavy atom. The molecule has 1 aliphatic carbocycles. The van der Waals surface area contributed by atoms with Gasteiger partial charge in [0.1, 0.15) is 0 Å². The van der Waals surface area contributed by atoms with E-state index in [0.29, 0.717) is 23.4 Å². The number of nitrogens with zero attached hydrogens (tertiary/aromatic N) is 4. The fourth-order valence-electron chi connectivity index (χ4n) is 2.39. The van der Waals surface area contributed by atoms with Crippen molar-refractivity contribution < 1.29 is 0 Å². The molecule has 0 unspecified atom stereocenters. The van der Waals surface area contributed by atoms with Crippen LogP contribution in [0.15, 0.2) is 30.6 Å². The number of nitrogens with one attached hydrogen (secondary N) is 1. The van der Waals surface area contributed by atoms with Crippen LogP contribution in [0.5, 0.6) is 0 Å². The summed E-state index contributed by atoms with van der Waals surface area (Å²) in [5.41, 5.74) is 2.56. The Labute approximate surface area is 137 Å². The third-order valence-corrected chi connectivity index (χ3v) is 4.00. The molecule has 2 aromatic heterocycles. The van der Waals surface area contributed by atoms with E-state index in [1.165, 1.54) is 0 Å². The Morgan fingerprint density at radius 1 is 1.23 bits per heavy atom. The molecule has 1 aromatic carbocycles. The van der Waals surface area contributed by atoms with E-state index in [9.17, 15) is 0 Å². The number of hydrogen-bond acceptors (Lipinski definition) is 4. The van der Waals surface area contributed by atoms with Gasteiger partial charge in [0.15, 0.2) is 17.0 Å². The molecule has 1 saturated carbocycles. The molecule has 7 heteroatoms. The SMILES string of the molecule is Clc1cccc(Cn2cnc3c(NC4CC4)nc(Cl)nc32)c1. The molecule has 22 heavy (non-hydrogen) atoms. The molecule has 0 bridgehead atoms. The van der Waals surface area contributed by atoms with Crippen LogP contribution in [0.1, 0.15) is 18.4 Å². The summed E-state index contributed by atoms with van der Waals surface area (Å²) in [5.74, 6) is 0.711. The van der Waals surface area contributed by atoms with Crippen LogP contribution in [0.4, 0.5) is 5.82 Å². The van der Waals surface area contributed by atoms with E-state index in [2.05, 4.69) is 20.3 Å². The topological polar surface area (TPSA) is 55.6 Å². The molecule has 0 aliphatic heterocycles. The van der Waals surface area contributed by atoms with Gasteiger partial charge in [-0.15, -0.1) is 0 Å². The van der Waals surface area contributed by atoms with Crippen molar-refractivity contribution >= 4 is 40.2 Å². The van der Waals surface area contributed by atoms with Gasteiger partial charge in [-0.1, -0.05) is 23.7 Å². The molecule has 1 aliphatic rings. The van der Waals surface area contributed by atoms with Gasteiger partial charge < -0.3 is 9.88 Å². The number of imidazole rings is 1. The highest BCUT2D eigenvalue weighted by molar-refractivity contribution is 6.30. The fourth-order valence-corrected chi connectivity index (χ4v) is 2.76. The van der Waals surface area contributed by atoms with Crippen molar-refractivity contribution in [3.8, 4) is 0 Å². The summed E-state index contributed by atoms with van der Waals surface area (Å²) in [5, 5.41) is 4.29. The first-order chi connectivity index (χ1) is 10.7. The summed E-state index contributed by atoms with van der Waals surface area (Å²) in [4.78, 5) is 13.0. The molecule has 0 amide bonds. The van der Waals surface area contributed by atoms with Crippen molar-refractivity contribution in [2.45, 2.75) is 25.4 Å². The normalized spacial score (nSPS) is 14.5. The molecule has 0 saturated heterocycles. The van der Waals surface area contributed by atoms with Crippen LogP contribution >= 0.6 is 23.2 Å². The molecule has 112 valence electrons. The van der Waals surface area contributed by atoms with Gasteiger partial charge >= 0.3 is 0 Å². The Morgan fingerprint density at radius 2 is 2.09 bits per heavy atom. The van der Waals surface area contributed by atoms with Gasteiger partial charge in [-0.05, 0) is 42.1 Å². The van der Waals surface area contributed by atoms with Crippen LogP contribution in [0.25, 0.3) is 11.2 Å². The van der Waals surface area contributed by atoms with Gasteiger partial charge in [-0.2, -0.15) is 9.97 Å². The minimum atomic E-state index is 0.225. The van der Waals surface area contributed by atoms with Crippen LogP contribution in [0.3, 0.4) is 0 Å². The van der Waals surface area contributed by atoms with Crippen LogP contribution in [0.2, 0.25) is 10.3 Å². The average Bonchev–Trinajstić information content (AvgIpc) is 3.20. The Balaban J connectivity index is 1.73. The number of benzene rings is 1. The smallest absolute Gasteiger partial charge is 0.226 e. The summed E-state index contributed by atoms with van der Waals surface area (Å²) in [6.45, 7) is 0.632. The quantitative estimate of drug-likeness (QED) is 0.738. The van der Waals surface area contributed by atoms with Crippen LogP contribution in [0, 0.1) is 0 Å². The van der Waals surface area contributed by atoms with E-state index >= 15 is 0 Å². The number of aromatic nitrogens is 4. The van der Waals surface area contributed by atoms with Crippen LogP contribution in [-0.4, -0.2) is 25.6 Å². The molecular weight excluding hydrogens is 321 g/mol.